The lowest BCUT2D eigenvalue weighted by Crippen LogP contribution is -2.00. The highest BCUT2D eigenvalue weighted by Gasteiger charge is 2.16. The van der Waals surface area contributed by atoms with Crippen LogP contribution in [0.25, 0.3) is 21.1 Å². The fraction of sp³-hybridized carbons (Fsp3) is 0.174. The van der Waals surface area contributed by atoms with Crippen LogP contribution in [0.3, 0.4) is 0 Å². The van der Waals surface area contributed by atoms with Crippen molar-refractivity contribution in [2.24, 2.45) is 0 Å². The van der Waals surface area contributed by atoms with Crippen LogP contribution in [0.5, 0.6) is 17.2 Å². The van der Waals surface area contributed by atoms with Crippen molar-refractivity contribution >= 4 is 23.0 Å². The minimum absolute atomic E-state index is 0.459. The maximum atomic E-state index is 5.42. The molecule has 0 saturated carbocycles. The van der Waals surface area contributed by atoms with Crippen molar-refractivity contribution in [3.63, 3.8) is 0 Å². The lowest BCUT2D eigenvalue weighted by Gasteiger charge is -2.14. The summed E-state index contributed by atoms with van der Waals surface area (Å²) >= 11 is 1.61. The van der Waals surface area contributed by atoms with E-state index >= 15 is 0 Å². The third kappa shape index (κ3) is 4.29. The normalized spacial score (nSPS) is 10.6. The molecule has 0 amide bonds. The smallest absolute Gasteiger partial charge is 0.227 e. The van der Waals surface area contributed by atoms with Crippen LogP contribution < -0.4 is 19.5 Å². The molecule has 1 N–H and O–H groups in total. The Balaban J connectivity index is 1.65. The molecule has 2 heterocycles. The molecule has 8 heteroatoms. The summed E-state index contributed by atoms with van der Waals surface area (Å²) in [5.41, 5.74) is 3.55. The molecule has 31 heavy (non-hydrogen) atoms. The minimum atomic E-state index is 0.459. The average molecular weight is 435 g/mol. The Kier molecular flexibility index (Phi) is 5.99. The molecule has 7 nitrogen and oxygen atoms in total. The number of anilines is 2. The summed E-state index contributed by atoms with van der Waals surface area (Å²) in [6.07, 6.45) is 1.73. The maximum absolute atomic E-state index is 5.42. The summed E-state index contributed by atoms with van der Waals surface area (Å²) in [6.45, 7) is 1.99. The summed E-state index contributed by atoms with van der Waals surface area (Å²) in [7, 11) is 4.73. The summed E-state index contributed by atoms with van der Waals surface area (Å²) < 4.78 is 16.2. The molecule has 0 bridgehead atoms. The second kappa shape index (κ2) is 9.01. The zero-order chi connectivity index (χ0) is 21.8. The van der Waals surface area contributed by atoms with Crippen molar-refractivity contribution in [2.45, 2.75) is 6.92 Å². The van der Waals surface area contributed by atoms with Gasteiger partial charge < -0.3 is 19.5 Å². The Bertz CT molecular complexity index is 1170. The molecule has 4 rings (SSSR count). The molecular weight excluding hydrogens is 412 g/mol. The van der Waals surface area contributed by atoms with Crippen molar-refractivity contribution in [1.82, 2.24) is 15.0 Å². The standard InChI is InChI=1S/C23H22N4O3S/c1-14-21(31-22(25-14)15-8-6-5-7-9-15)17-10-11-24-23(27-17)26-16-12-18(28-2)20(30-4)19(13-16)29-3/h5-13H,1-4H3,(H,24,26,27). The van der Waals surface area contributed by atoms with Crippen LogP contribution >= 0.6 is 11.3 Å². The van der Waals surface area contributed by atoms with E-state index in [9.17, 15) is 0 Å². The average Bonchev–Trinajstić information content (AvgIpc) is 3.20. The van der Waals surface area contributed by atoms with Crippen LogP contribution in [0.2, 0.25) is 0 Å². The van der Waals surface area contributed by atoms with Gasteiger partial charge in [0.1, 0.15) is 5.01 Å². The van der Waals surface area contributed by atoms with Crippen molar-refractivity contribution in [3.05, 3.63) is 60.4 Å². The molecule has 0 aliphatic heterocycles. The maximum Gasteiger partial charge on any atom is 0.227 e. The van der Waals surface area contributed by atoms with Crippen LogP contribution in [0.1, 0.15) is 5.69 Å². The van der Waals surface area contributed by atoms with Gasteiger partial charge in [0, 0.05) is 29.6 Å². The largest absolute Gasteiger partial charge is 0.493 e. The molecule has 4 aromatic rings. The third-order valence-corrected chi connectivity index (χ3v) is 5.86. The zero-order valence-electron chi connectivity index (χ0n) is 17.7. The molecule has 0 saturated heterocycles. The molecule has 0 unspecified atom stereocenters. The predicted molar refractivity (Wildman–Crippen MR) is 123 cm³/mol. The Labute approximate surface area is 184 Å². The molecule has 0 spiro atoms. The van der Waals surface area contributed by atoms with E-state index < -0.39 is 0 Å². The second-order valence-electron chi connectivity index (χ2n) is 6.60. The van der Waals surface area contributed by atoms with E-state index in [1.807, 2.05) is 43.3 Å². The van der Waals surface area contributed by atoms with Crippen molar-refractivity contribution in [3.8, 4) is 38.4 Å². The van der Waals surface area contributed by atoms with Gasteiger partial charge in [-0.2, -0.15) is 0 Å². The van der Waals surface area contributed by atoms with Crippen LogP contribution in [0.15, 0.2) is 54.7 Å². The first kappa shape index (κ1) is 20.6. The number of aromatic nitrogens is 3. The number of ether oxygens (including phenoxy) is 3. The Morgan fingerprint density at radius 3 is 2.23 bits per heavy atom. The number of hydrogen-bond acceptors (Lipinski definition) is 8. The first-order valence-electron chi connectivity index (χ1n) is 9.56. The van der Waals surface area contributed by atoms with Gasteiger partial charge in [-0.05, 0) is 13.0 Å². The van der Waals surface area contributed by atoms with Gasteiger partial charge >= 0.3 is 0 Å². The molecule has 2 aromatic heterocycles. The number of thiazole rings is 1. The van der Waals surface area contributed by atoms with Gasteiger partial charge in [0.15, 0.2) is 11.5 Å². The van der Waals surface area contributed by atoms with Crippen LogP contribution in [-0.2, 0) is 0 Å². The van der Waals surface area contributed by atoms with E-state index in [1.54, 1.807) is 38.9 Å². The quantitative estimate of drug-likeness (QED) is 0.420. The van der Waals surface area contributed by atoms with Gasteiger partial charge in [0.05, 0.1) is 37.6 Å². The summed E-state index contributed by atoms with van der Waals surface area (Å²) in [5, 5.41) is 4.18. The fourth-order valence-corrected chi connectivity index (χ4v) is 4.21. The van der Waals surface area contributed by atoms with E-state index in [4.69, 9.17) is 24.2 Å². The monoisotopic (exact) mass is 434 g/mol. The van der Waals surface area contributed by atoms with E-state index in [0.717, 1.165) is 32.5 Å². The Morgan fingerprint density at radius 2 is 1.58 bits per heavy atom. The molecule has 0 atom stereocenters. The van der Waals surface area contributed by atoms with Gasteiger partial charge in [0.25, 0.3) is 0 Å². The first-order valence-corrected chi connectivity index (χ1v) is 10.4. The van der Waals surface area contributed by atoms with E-state index in [0.29, 0.717) is 23.2 Å². The van der Waals surface area contributed by atoms with Gasteiger partial charge in [0.2, 0.25) is 11.7 Å². The van der Waals surface area contributed by atoms with Gasteiger partial charge in [-0.1, -0.05) is 30.3 Å². The molecule has 158 valence electrons. The van der Waals surface area contributed by atoms with Crippen LogP contribution in [0.4, 0.5) is 11.6 Å². The molecule has 0 fully saturated rings. The highest BCUT2D eigenvalue weighted by atomic mass is 32.1. The van der Waals surface area contributed by atoms with E-state index in [-0.39, 0.29) is 0 Å². The topological polar surface area (TPSA) is 78.4 Å². The SMILES string of the molecule is COc1cc(Nc2nccc(-c3sc(-c4ccccc4)nc3C)n2)cc(OC)c1OC. The number of aryl methyl sites for hydroxylation is 1. The fourth-order valence-electron chi connectivity index (χ4n) is 3.17. The van der Waals surface area contributed by atoms with Crippen molar-refractivity contribution in [2.75, 3.05) is 26.6 Å². The Hall–Kier alpha value is -3.65. The van der Waals surface area contributed by atoms with Crippen molar-refractivity contribution in [1.29, 1.82) is 0 Å². The van der Waals surface area contributed by atoms with Gasteiger partial charge in [-0.15, -0.1) is 11.3 Å². The molecule has 0 aliphatic carbocycles. The van der Waals surface area contributed by atoms with Crippen LogP contribution in [0, 0.1) is 6.92 Å². The number of methoxy groups -OCH3 is 3. The van der Waals surface area contributed by atoms with Gasteiger partial charge in [-0.3, -0.25) is 0 Å². The van der Waals surface area contributed by atoms with Crippen molar-refractivity contribution < 1.29 is 14.2 Å². The van der Waals surface area contributed by atoms with E-state index in [2.05, 4.69) is 22.4 Å². The zero-order valence-corrected chi connectivity index (χ0v) is 18.5. The highest BCUT2D eigenvalue weighted by Crippen LogP contribution is 2.40. The summed E-state index contributed by atoms with van der Waals surface area (Å²) in [5.74, 6) is 2.08. The summed E-state index contributed by atoms with van der Waals surface area (Å²) in [4.78, 5) is 14.8. The second-order valence-corrected chi connectivity index (χ2v) is 7.60. The number of nitrogens with zero attached hydrogens (tertiary/aromatic N) is 3. The Morgan fingerprint density at radius 1 is 0.871 bits per heavy atom. The molecule has 0 aliphatic rings. The lowest BCUT2D eigenvalue weighted by molar-refractivity contribution is 0.324. The van der Waals surface area contributed by atoms with Gasteiger partial charge in [-0.25, -0.2) is 15.0 Å². The lowest BCUT2D eigenvalue weighted by atomic mass is 10.2. The molecule has 0 radical (unpaired) electrons. The highest BCUT2D eigenvalue weighted by molar-refractivity contribution is 7.18. The molecular formula is C23H22N4O3S. The number of nitrogens with one attached hydrogen (secondary N) is 1. The number of hydrogen-bond donors (Lipinski definition) is 1. The van der Waals surface area contributed by atoms with Crippen LogP contribution in [-0.4, -0.2) is 36.3 Å². The minimum Gasteiger partial charge on any atom is -0.493 e. The third-order valence-electron chi connectivity index (χ3n) is 4.63. The number of benzene rings is 2. The first-order chi connectivity index (χ1) is 15.1. The predicted octanol–water partition coefficient (Wildman–Crippen LogP) is 5.34. The molecule has 2 aromatic carbocycles. The van der Waals surface area contributed by atoms with E-state index in [1.165, 1.54) is 0 Å². The summed E-state index contributed by atoms with van der Waals surface area (Å²) in [6, 6.07) is 15.6. The number of rotatable bonds is 7.